The van der Waals surface area contributed by atoms with Crippen LogP contribution in [-0.2, 0) is 6.42 Å². The van der Waals surface area contributed by atoms with Gasteiger partial charge in [-0.2, -0.15) is 5.26 Å². The highest BCUT2D eigenvalue weighted by Gasteiger charge is 2.13. The highest BCUT2D eigenvalue weighted by molar-refractivity contribution is 5.96. The molecule has 72 valence electrons. The molecular formula is C11H10FNO. The third-order valence-electron chi connectivity index (χ3n) is 2.11. The first-order chi connectivity index (χ1) is 6.61. The van der Waals surface area contributed by atoms with E-state index in [-0.39, 0.29) is 11.3 Å². The maximum Gasteiger partial charge on any atom is 0.160 e. The van der Waals surface area contributed by atoms with Gasteiger partial charge in [0.05, 0.1) is 5.56 Å². The summed E-state index contributed by atoms with van der Waals surface area (Å²) in [5.41, 5.74) is 0.922. The van der Waals surface area contributed by atoms with Crippen LogP contribution >= 0.6 is 0 Å². The molecule has 2 nitrogen and oxygen atoms in total. The molecule has 1 aromatic carbocycles. The molecule has 0 aliphatic carbocycles. The van der Waals surface area contributed by atoms with Gasteiger partial charge in [0.25, 0.3) is 0 Å². The lowest BCUT2D eigenvalue weighted by Crippen LogP contribution is -2.03. The second-order valence-electron chi connectivity index (χ2n) is 2.97. The minimum absolute atomic E-state index is 0.0137. The fraction of sp³-hybridized carbons (Fsp3) is 0.273. The van der Waals surface area contributed by atoms with Crippen LogP contribution in [0.15, 0.2) is 12.1 Å². The van der Waals surface area contributed by atoms with Crippen molar-refractivity contribution in [1.82, 2.24) is 0 Å². The van der Waals surface area contributed by atoms with Gasteiger partial charge in [-0.1, -0.05) is 6.92 Å². The SMILES string of the molecule is CCc1c(C(C)=O)ccc(F)c1C#N. The van der Waals surface area contributed by atoms with Gasteiger partial charge in [0.2, 0.25) is 0 Å². The number of benzene rings is 1. The first-order valence-corrected chi connectivity index (χ1v) is 4.34. The maximum atomic E-state index is 13.1. The highest BCUT2D eigenvalue weighted by Crippen LogP contribution is 2.18. The molecule has 0 saturated carbocycles. The van der Waals surface area contributed by atoms with Crippen molar-refractivity contribution in [2.24, 2.45) is 0 Å². The average Bonchev–Trinajstić information content (AvgIpc) is 2.16. The number of carbonyl (C=O) groups excluding carboxylic acids is 1. The topological polar surface area (TPSA) is 40.9 Å². The van der Waals surface area contributed by atoms with Crippen molar-refractivity contribution < 1.29 is 9.18 Å². The number of halogens is 1. The smallest absolute Gasteiger partial charge is 0.160 e. The van der Waals surface area contributed by atoms with Crippen LogP contribution in [-0.4, -0.2) is 5.78 Å². The molecule has 0 aliphatic rings. The van der Waals surface area contributed by atoms with Crippen molar-refractivity contribution >= 4 is 5.78 Å². The van der Waals surface area contributed by atoms with E-state index < -0.39 is 5.82 Å². The summed E-state index contributed by atoms with van der Waals surface area (Å²) in [6.07, 6.45) is 0.482. The van der Waals surface area contributed by atoms with E-state index in [1.165, 1.54) is 13.0 Å². The summed E-state index contributed by atoms with van der Waals surface area (Å²) < 4.78 is 13.1. The Morgan fingerprint density at radius 1 is 1.57 bits per heavy atom. The van der Waals surface area contributed by atoms with Crippen LogP contribution < -0.4 is 0 Å². The Morgan fingerprint density at radius 2 is 2.21 bits per heavy atom. The first-order valence-electron chi connectivity index (χ1n) is 4.34. The van der Waals surface area contributed by atoms with E-state index in [1.807, 2.05) is 0 Å². The average molecular weight is 191 g/mol. The van der Waals surface area contributed by atoms with Crippen LogP contribution in [0.2, 0.25) is 0 Å². The number of nitriles is 1. The minimum atomic E-state index is -0.561. The normalized spacial score (nSPS) is 9.57. The van der Waals surface area contributed by atoms with Gasteiger partial charge in [-0.25, -0.2) is 4.39 Å². The molecule has 0 N–H and O–H groups in total. The number of nitrogens with zero attached hydrogens (tertiary/aromatic N) is 1. The fourth-order valence-corrected chi connectivity index (χ4v) is 1.44. The van der Waals surface area contributed by atoms with Crippen molar-refractivity contribution in [3.63, 3.8) is 0 Å². The fourth-order valence-electron chi connectivity index (χ4n) is 1.44. The molecule has 0 atom stereocenters. The number of hydrogen-bond acceptors (Lipinski definition) is 2. The standard InChI is InChI=1S/C11H10FNO/c1-3-8-9(7(2)14)4-5-11(12)10(8)6-13/h4-5H,3H2,1-2H3. The zero-order chi connectivity index (χ0) is 10.7. The summed E-state index contributed by atoms with van der Waals surface area (Å²) in [7, 11) is 0. The van der Waals surface area contributed by atoms with Crippen molar-refractivity contribution in [3.05, 3.63) is 34.6 Å². The van der Waals surface area contributed by atoms with E-state index in [0.29, 0.717) is 17.5 Å². The van der Waals surface area contributed by atoms with E-state index in [1.54, 1.807) is 13.0 Å². The third kappa shape index (κ3) is 1.64. The van der Waals surface area contributed by atoms with E-state index >= 15 is 0 Å². The Hall–Kier alpha value is -1.69. The van der Waals surface area contributed by atoms with Gasteiger partial charge in [-0.3, -0.25) is 4.79 Å². The molecule has 0 heterocycles. The van der Waals surface area contributed by atoms with Crippen molar-refractivity contribution in [2.45, 2.75) is 20.3 Å². The van der Waals surface area contributed by atoms with Crippen LogP contribution in [0.25, 0.3) is 0 Å². The second-order valence-corrected chi connectivity index (χ2v) is 2.97. The molecule has 0 radical (unpaired) electrons. The highest BCUT2D eigenvalue weighted by atomic mass is 19.1. The lowest BCUT2D eigenvalue weighted by molar-refractivity contribution is 0.101. The lowest BCUT2D eigenvalue weighted by Gasteiger charge is -2.06. The minimum Gasteiger partial charge on any atom is -0.295 e. The third-order valence-corrected chi connectivity index (χ3v) is 2.11. The van der Waals surface area contributed by atoms with Crippen LogP contribution in [0.4, 0.5) is 4.39 Å². The second kappa shape index (κ2) is 4.01. The predicted molar refractivity (Wildman–Crippen MR) is 50.5 cm³/mol. The van der Waals surface area contributed by atoms with E-state index in [2.05, 4.69) is 0 Å². The Labute approximate surface area is 82.0 Å². The van der Waals surface area contributed by atoms with Crippen molar-refractivity contribution in [3.8, 4) is 6.07 Å². The summed E-state index contributed by atoms with van der Waals surface area (Å²) in [6, 6.07) is 4.37. The van der Waals surface area contributed by atoms with Crippen LogP contribution in [0, 0.1) is 17.1 Å². The van der Waals surface area contributed by atoms with Crippen LogP contribution in [0.5, 0.6) is 0 Å². The van der Waals surface area contributed by atoms with Crippen LogP contribution in [0.1, 0.15) is 35.3 Å². The summed E-state index contributed by atoms with van der Waals surface area (Å²) in [6.45, 7) is 3.20. The Bertz CT molecular complexity index is 418. The molecule has 3 heteroatoms. The van der Waals surface area contributed by atoms with Crippen molar-refractivity contribution in [2.75, 3.05) is 0 Å². The first kappa shape index (κ1) is 10.4. The summed E-state index contributed by atoms with van der Waals surface area (Å²) in [5.74, 6) is -0.701. The molecule has 0 saturated heterocycles. The number of carbonyl (C=O) groups is 1. The molecule has 0 spiro atoms. The Morgan fingerprint density at radius 3 is 2.64 bits per heavy atom. The predicted octanol–water partition coefficient (Wildman–Crippen LogP) is 2.46. The molecule has 1 aromatic rings. The molecule has 0 amide bonds. The zero-order valence-electron chi connectivity index (χ0n) is 8.10. The molecule has 0 unspecified atom stereocenters. The summed E-state index contributed by atoms with van der Waals surface area (Å²) in [4.78, 5) is 11.2. The Balaban J connectivity index is 3.50. The molecule has 0 bridgehead atoms. The summed E-state index contributed by atoms with van der Waals surface area (Å²) in [5, 5.41) is 8.74. The van der Waals surface area contributed by atoms with Gasteiger partial charge in [0, 0.05) is 5.56 Å². The van der Waals surface area contributed by atoms with E-state index in [0.717, 1.165) is 6.07 Å². The quantitative estimate of drug-likeness (QED) is 0.674. The monoisotopic (exact) mass is 191 g/mol. The number of Topliss-reactive ketones (excluding diaryl/α,β-unsaturated/α-hetero) is 1. The Kier molecular flexibility index (Phi) is 2.98. The molecular weight excluding hydrogens is 181 g/mol. The van der Waals surface area contributed by atoms with Gasteiger partial charge in [-0.05, 0) is 31.0 Å². The lowest BCUT2D eigenvalue weighted by atomic mass is 9.97. The number of hydrogen-bond donors (Lipinski definition) is 0. The molecule has 1 rings (SSSR count). The largest absolute Gasteiger partial charge is 0.295 e. The molecule has 0 aliphatic heterocycles. The van der Waals surface area contributed by atoms with E-state index in [4.69, 9.17) is 5.26 Å². The molecule has 0 fully saturated rings. The van der Waals surface area contributed by atoms with Gasteiger partial charge in [0.1, 0.15) is 11.9 Å². The maximum absolute atomic E-state index is 13.1. The van der Waals surface area contributed by atoms with E-state index in [9.17, 15) is 9.18 Å². The number of ketones is 1. The van der Waals surface area contributed by atoms with Gasteiger partial charge < -0.3 is 0 Å². The van der Waals surface area contributed by atoms with Gasteiger partial charge in [0.15, 0.2) is 5.78 Å². The summed E-state index contributed by atoms with van der Waals surface area (Å²) >= 11 is 0. The molecule has 0 aromatic heterocycles. The number of rotatable bonds is 2. The van der Waals surface area contributed by atoms with Crippen molar-refractivity contribution in [1.29, 1.82) is 5.26 Å². The van der Waals surface area contributed by atoms with Crippen LogP contribution in [0.3, 0.4) is 0 Å². The molecule has 14 heavy (non-hydrogen) atoms. The van der Waals surface area contributed by atoms with Gasteiger partial charge >= 0.3 is 0 Å². The van der Waals surface area contributed by atoms with Gasteiger partial charge in [-0.15, -0.1) is 0 Å². The zero-order valence-corrected chi connectivity index (χ0v) is 8.10.